The van der Waals surface area contributed by atoms with E-state index in [9.17, 15) is 0 Å². The average molecular weight is 312 g/mol. The van der Waals surface area contributed by atoms with Crippen LogP contribution in [-0.4, -0.2) is 6.16 Å². The van der Waals surface area contributed by atoms with Gasteiger partial charge in [-0.25, -0.2) is 0 Å². The van der Waals surface area contributed by atoms with Crippen LogP contribution in [0, 0.1) is 27.7 Å². The molecule has 0 aromatic heterocycles. The highest BCUT2D eigenvalue weighted by Crippen LogP contribution is 2.37. The molecule has 0 spiro atoms. The zero-order valence-corrected chi connectivity index (χ0v) is 15.6. The SMILES string of the molecule is CCCCCP(c1ccc(C)cc1C)c1ccc(C)cc1C. The largest absolute Gasteiger partial charge is 0.0654 e. The van der Waals surface area contributed by atoms with Crippen LogP contribution in [0.25, 0.3) is 0 Å². The van der Waals surface area contributed by atoms with E-state index in [0.717, 1.165) is 0 Å². The van der Waals surface area contributed by atoms with Gasteiger partial charge in [0.1, 0.15) is 0 Å². The summed E-state index contributed by atoms with van der Waals surface area (Å²) in [6.07, 6.45) is 5.29. The highest BCUT2D eigenvalue weighted by Gasteiger charge is 2.17. The summed E-state index contributed by atoms with van der Waals surface area (Å²) in [4.78, 5) is 0. The van der Waals surface area contributed by atoms with E-state index >= 15 is 0 Å². The zero-order chi connectivity index (χ0) is 16.1. The average Bonchev–Trinajstić information content (AvgIpc) is 2.45. The number of rotatable bonds is 6. The summed E-state index contributed by atoms with van der Waals surface area (Å²) in [5.74, 6) is 0. The molecule has 0 nitrogen and oxygen atoms in total. The van der Waals surface area contributed by atoms with Gasteiger partial charge in [0.2, 0.25) is 0 Å². The highest BCUT2D eigenvalue weighted by atomic mass is 31.1. The second-order valence-corrected chi connectivity index (χ2v) is 8.71. The Hall–Kier alpha value is -1.13. The highest BCUT2D eigenvalue weighted by molar-refractivity contribution is 7.73. The molecule has 0 heterocycles. The first-order valence-corrected chi connectivity index (χ1v) is 9.97. The lowest BCUT2D eigenvalue weighted by atomic mass is 10.1. The summed E-state index contributed by atoms with van der Waals surface area (Å²) in [6, 6.07) is 14.0. The van der Waals surface area contributed by atoms with Crippen LogP contribution in [0.3, 0.4) is 0 Å². The van der Waals surface area contributed by atoms with Crippen molar-refractivity contribution >= 4 is 18.5 Å². The minimum Gasteiger partial charge on any atom is -0.0654 e. The van der Waals surface area contributed by atoms with Gasteiger partial charge in [-0.3, -0.25) is 0 Å². The maximum atomic E-state index is 2.38. The van der Waals surface area contributed by atoms with Crippen LogP contribution in [-0.2, 0) is 0 Å². The van der Waals surface area contributed by atoms with Crippen LogP contribution in [0.2, 0.25) is 0 Å². The molecule has 0 unspecified atom stereocenters. The number of hydrogen-bond donors (Lipinski definition) is 0. The van der Waals surface area contributed by atoms with Crippen molar-refractivity contribution in [2.75, 3.05) is 6.16 Å². The molecule has 2 aromatic carbocycles. The fourth-order valence-electron chi connectivity index (χ4n) is 3.11. The number of aryl methyl sites for hydroxylation is 4. The van der Waals surface area contributed by atoms with Crippen molar-refractivity contribution in [2.45, 2.75) is 53.9 Å². The smallest absolute Gasteiger partial charge is 0.0166 e. The van der Waals surface area contributed by atoms with Gasteiger partial charge in [-0.15, -0.1) is 0 Å². The quantitative estimate of drug-likeness (QED) is 0.485. The maximum absolute atomic E-state index is 2.38. The molecule has 1 heteroatoms. The molecule has 0 radical (unpaired) electrons. The zero-order valence-electron chi connectivity index (χ0n) is 14.7. The Balaban J connectivity index is 2.41. The minimum absolute atomic E-state index is 0.229. The first-order chi connectivity index (χ1) is 10.5. The molecular formula is C21H29P. The predicted molar refractivity (Wildman–Crippen MR) is 102 cm³/mol. The van der Waals surface area contributed by atoms with E-state index in [4.69, 9.17) is 0 Å². The van der Waals surface area contributed by atoms with Gasteiger partial charge in [-0.1, -0.05) is 67.3 Å². The van der Waals surface area contributed by atoms with E-state index in [2.05, 4.69) is 71.0 Å². The minimum atomic E-state index is -0.229. The molecule has 2 rings (SSSR count). The molecule has 22 heavy (non-hydrogen) atoms. The third-order valence-electron chi connectivity index (χ3n) is 4.27. The molecule has 0 aliphatic rings. The monoisotopic (exact) mass is 312 g/mol. The summed E-state index contributed by atoms with van der Waals surface area (Å²) in [7, 11) is -0.229. The van der Waals surface area contributed by atoms with Gasteiger partial charge in [0.25, 0.3) is 0 Å². The van der Waals surface area contributed by atoms with Crippen molar-refractivity contribution in [2.24, 2.45) is 0 Å². The first kappa shape index (κ1) is 17.2. The maximum Gasteiger partial charge on any atom is -0.0166 e. The van der Waals surface area contributed by atoms with E-state index in [1.807, 2.05) is 0 Å². The second kappa shape index (κ2) is 7.93. The Labute approximate surface area is 137 Å². The summed E-state index contributed by atoms with van der Waals surface area (Å²) in [5, 5.41) is 3.15. The number of unbranched alkanes of at least 4 members (excludes halogenated alkanes) is 2. The molecule has 0 N–H and O–H groups in total. The molecule has 118 valence electrons. The molecule has 2 aromatic rings. The van der Waals surface area contributed by atoms with Crippen LogP contribution in [0.1, 0.15) is 48.4 Å². The van der Waals surface area contributed by atoms with Crippen molar-refractivity contribution in [3.8, 4) is 0 Å². The molecule has 0 saturated carbocycles. The molecule has 0 fully saturated rings. The van der Waals surface area contributed by atoms with Gasteiger partial charge >= 0.3 is 0 Å². The van der Waals surface area contributed by atoms with Crippen molar-refractivity contribution in [1.82, 2.24) is 0 Å². The van der Waals surface area contributed by atoms with Crippen LogP contribution in [0.5, 0.6) is 0 Å². The van der Waals surface area contributed by atoms with E-state index in [-0.39, 0.29) is 7.92 Å². The van der Waals surface area contributed by atoms with Gasteiger partial charge < -0.3 is 0 Å². The van der Waals surface area contributed by atoms with Crippen LogP contribution < -0.4 is 10.6 Å². The standard InChI is InChI=1S/C21H29P/c1-6-7-8-13-22(20-11-9-16(2)14-18(20)4)21-12-10-17(3)15-19(21)5/h9-12,14-15H,6-8,13H2,1-5H3. The Morgan fingerprint density at radius 1 is 0.727 bits per heavy atom. The van der Waals surface area contributed by atoms with Gasteiger partial charge in [-0.05, 0) is 69.9 Å². The van der Waals surface area contributed by atoms with E-state index in [1.54, 1.807) is 10.6 Å². The molecule has 0 amide bonds. The normalized spacial score (nSPS) is 11.2. The fraction of sp³-hybridized carbons (Fsp3) is 0.429. The van der Waals surface area contributed by atoms with Gasteiger partial charge in [0.15, 0.2) is 0 Å². The predicted octanol–water partition coefficient (Wildman–Crippen LogP) is 5.54. The Morgan fingerprint density at radius 3 is 1.64 bits per heavy atom. The van der Waals surface area contributed by atoms with E-state index in [0.29, 0.717) is 0 Å². The lowest BCUT2D eigenvalue weighted by Crippen LogP contribution is -2.19. The second-order valence-electron chi connectivity index (χ2n) is 6.44. The van der Waals surface area contributed by atoms with Crippen LogP contribution in [0.4, 0.5) is 0 Å². The molecule has 0 aliphatic heterocycles. The van der Waals surface area contributed by atoms with Crippen molar-refractivity contribution in [3.63, 3.8) is 0 Å². The third-order valence-corrected chi connectivity index (χ3v) is 7.20. The Bertz CT molecular complexity index is 576. The van der Waals surface area contributed by atoms with Crippen molar-refractivity contribution in [1.29, 1.82) is 0 Å². The Kier molecular flexibility index (Phi) is 6.21. The van der Waals surface area contributed by atoms with Crippen molar-refractivity contribution < 1.29 is 0 Å². The van der Waals surface area contributed by atoms with E-state index in [1.165, 1.54) is 47.7 Å². The summed E-state index contributed by atoms with van der Waals surface area (Å²) in [6.45, 7) is 11.2. The molecule has 0 atom stereocenters. The lowest BCUT2D eigenvalue weighted by molar-refractivity contribution is 0.777. The Morgan fingerprint density at radius 2 is 1.23 bits per heavy atom. The molecule has 0 saturated heterocycles. The molecular weight excluding hydrogens is 283 g/mol. The van der Waals surface area contributed by atoms with Gasteiger partial charge in [0.05, 0.1) is 0 Å². The molecule has 0 bridgehead atoms. The summed E-state index contributed by atoms with van der Waals surface area (Å²) >= 11 is 0. The topological polar surface area (TPSA) is 0 Å². The third kappa shape index (κ3) is 4.20. The number of hydrogen-bond acceptors (Lipinski definition) is 0. The summed E-state index contributed by atoms with van der Waals surface area (Å²) in [5.41, 5.74) is 5.65. The lowest BCUT2D eigenvalue weighted by Gasteiger charge is -2.23. The fourth-order valence-corrected chi connectivity index (χ4v) is 5.88. The van der Waals surface area contributed by atoms with Crippen LogP contribution in [0.15, 0.2) is 36.4 Å². The van der Waals surface area contributed by atoms with Gasteiger partial charge in [-0.2, -0.15) is 0 Å². The first-order valence-electron chi connectivity index (χ1n) is 8.45. The van der Waals surface area contributed by atoms with Crippen LogP contribution >= 0.6 is 7.92 Å². The number of benzene rings is 2. The van der Waals surface area contributed by atoms with Crippen molar-refractivity contribution in [3.05, 3.63) is 58.7 Å². The molecule has 0 aliphatic carbocycles. The van der Waals surface area contributed by atoms with Gasteiger partial charge in [0, 0.05) is 0 Å². The summed E-state index contributed by atoms with van der Waals surface area (Å²) < 4.78 is 0. The van der Waals surface area contributed by atoms with E-state index < -0.39 is 0 Å².